The molecule has 0 spiro atoms. The van der Waals surface area contributed by atoms with Gasteiger partial charge in [-0.2, -0.15) is 0 Å². The highest BCUT2D eigenvalue weighted by Gasteiger charge is 2.12. The lowest BCUT2D eigenvalue weighted by Gasteiger charge is -2.03. The van der Waals surface area contributed by atoms with E-state index in [4.69, 9.17) is 5.73 Å². The SMILES string of the molecule is Nc1ccc2c(C(=O)Nc3ccc(Br)cn3)c[nH]c2c1. The minimum Gasteiger partial charge on any atom is -0.399 e. The largest absolute Gasteiger partial charge is 0.399 e. The van der Waals surface area contributed by atoms with E-state index in [1.165, 1.54) is 0 Å². The molecule has 3 aromatic rings. The summed E-state index contributed by atoms with van der Waals surface area (Å²) in [7, 11) is 0. The van der Waals surface area contributed by atoms with Crippen LogP contribution in [0.15, 0.2) is 47.2 Å². The van der Waals surface area contributed by atoms with Gasteiger partial charge in [-0.25, -0.2) is 4.98 Å². The fourth-order valence-corrected chi connectivity index (χ4v) is 2.20. The molecule has 6 heteroatoms. The second-order valence-corrected chi connectivity index (χ2v) is 5.24. The number of nitrogens with one attached hydrogen (secondary N) is 2. The van der Waals surface area contributed by atoms with Crippen LogP contribution in [0.4, 0.5) is 11.5 Å². The van der Waals surface area contributed by atoms with Gasteiger partial charge in [-0.3, -0.25) is 4.79 Å². The number of nitrogen functional groups attached to an aromatic ring is 1. The molecule has 0 unspecified atom stereocenters. The lowest BCUT2D eigenvalue weighted by Crippen LogP contribution is -2.12. The minimum absolute atomic E-state index is 0.212. The van der Waals surface area contributed by atoms with Crippen LogP contribution in [0.2, 0.25) is 0 Å². The smallest absolute Gasteiger partial charge is 0.258 e. The number of pyridine rings is 1. The third-order valence-corrected chi connectivity index (χ3v) is 3.39. The lowest BCUT2D eigenvalue weighted by molar-refractivity contribution is 0.102. The van der Waals surface area contributed by atoms with Crippen LogP contribution in [0.1, 0.15) is 10.4 Å². The van der Waals surface area contributed by atoms with Crippen molar-refractivity contribution in [3.05, 3.63) is 52.8 Å². The number of H-pyrrole nitrogens is 1. The van der Waals surface area contributed by atoms with Gasteiger partial charge in [-0.15, -0.1) is 0 Å². The molecule has 0 aliphatic heterocycles. The van der Waals surface area contributed by atoms with E-state index in [-0.39, 0.29) is 5.91 Å². The van der Waals surface area contributed by atoms with Gasteiger partial charge in [0, 0.05) is 33.5 Å². The van der Waals surface area contributed by atoms with Crippen LogP contribution >= 0.6 is 15.9 Å². The van der Waals surface area contributed by atoms with Gasteiger partial charge in [0.2, 0.25) is 0 Å². The summed E-state index contributed by atoms with van der Waals surface area (Å²) in [5.74, 6) is 0.291. The summed E-state index contributed by atoms with van der Waals surface area (Å²) in [6.07, 6.45) is 3.30. The van der Waals surface area contributed by atoms with Gasteiger partial charge in [0.1, 0.15) is 5.82 Å². The first-order valence-electron chi connectivity index (χ1n) is 5.93. The Labute approximate surface area is 123 Å². The molecule has 0 aliphatic carbocycles. The highest BCUT2D eigenvalue weighted by Crippen LogP contribution is 2.21. The zero-order chi connectivity index (χ0) is 14.1. The highest BCUT2D eigenvalue weighted by molar-refractivity contribution is 9.10. The number of benzene rings is 1. The number of halogens is 1. The van der Waals surface area contributed by atoms with Gasteiger partial charge >= 0.3 is 0 Å². The number of amides is 1. The van der Waals surface area contributed by atoms with Crippen molar-refractivity contribution >= 4 is 44.2 Å². The van der Waals surface area contributed by atoms with Crippen molar-refractivity contribution in [1.82, 2.24) is 9.97 Å². The number of rotatable bonds is 2. The Morgan fingerprint density at radius 3 is 2.90 bits per heavy atom. The Balaban J connectivity index is 1.91. The van der Waals surface area contributed by atoms with Crippen LogP contribution in [-0.2, 0) is 0 Å². The van der Waals surface area contributed by atoms with Crippen LogP contribution in [0.25, 0.3) is 10.9 Å². The third-order valence-electron chi connectivity index (χ3n) is 2.92. The van der Waals surface area contributed by atoms with Crippen molar-refractivity contribution in [3.8, 4) is 0 Å². The monoisotopic (exact) mass is 330 g/mol. The number of aromatic nitrogens is 2. The molecular formula is C14H11BrN4O. The molecule has 0 aliphatic rings. The summed E-state index contributed by atoms with van der Waals surface area (Å²) in [4.78, 5) is 19.4. The van der Waals surface area contributed by atoms with Crippen molar-refractivity contribution in [3.63, 3.8) is 0 Å². The van der Waals surface area contributed by atoms with Gasteiger partial charge in [-0.05, 0) is 46.3 Å². The topological polar surface area (TPSA) is 83.8 Å². The number of nitrogens with two attached hydrogens (primary N) is 1. The zero-order valence-corrected chi connectivity index (χ0v) is 11.9. The summed E-state index contributed by atoms with van der Waals surface area (Å²) < 4.78 is 0.859. The Hall–Kier alpha value is -2.34. The average Bonchev–Trinajstić information content (AvgIpc) is 2.84. The first kappa shape index (κ1) is 12.7. The van der Waals surface area contributed by atoms with Gasteiger partial charge in [0.25, 0.3) is 5.91 Å². The summed E-state index contributed by atoms with van der Waals surface area (Å²) in [5, 5.41) is 3.58. The molecule has 100 valence electrons. The molecule has 3 rings (SSSR count). The van der Waals surface area contributed by atoms with Crippen molar-refractivity contribution in [2.75, 3.05) is 11.1 Å². The quantitative estimate of drug-likeness (QED) is 0.631. The van der Waals surface area contributed by atoms with E-state index in [1.54, 1.807) is 30.6 Å². The minimum atomic E-state index is -0.212. The number of hydrogen-bond donors (Lipinski definition) is 3. The van der Waals surface area contributed by atoms with E-state index in [1.807, 2.05) is 12.1 Å². The van der Waals surface area contributed by atoms with Crippen LogP contribution in [0.3, 0.4) is 0 Å². The molecular weight excluding hydrogens is 320 g/mol. The molecule has 0 bridgehead atoms. The maximum Gasteiger partial charge on any atom is 0.258 e. The summed E-state index contributed by atoms with van der Waals surface area (Å²) in [6.45, 7) is 0. The summed E-state index contributed by atoms with van der Waals surface area (Å²) in [6, 6.07) is 8.94. The van der Waals surface area contributed by atoms with Crippen LogP contribution in [0, 0.1) is 0 Å². The number of nitrogens with zero attached hydrogens (tertiary/aromatic N) is 1. The predicted octanol–water partition coefficient (Wildman–Crippen LogP) is 3.16. The molecule has 1 amide bonds. The van der Waals surface area contributed by atoms with Gasteiger partial charge in [-0.1, -0.05) is 0 Å². The fraction of sp³-hybridized carbons (Fsp3) is 0. The Kier molecular flexibility index (Phi) is 3.15. The van der Waals surface area contributed by atoms with Gasteiger partial charge < -0.3 is 16.0 Å². The van der Waals surface area contributed by atoms with E-state index in [9.17, 15) is 4.79 Å². The van der Waals surface area contributed by atoms with Crippen molar-refractivity contribution in [2.45, 2.75) is 0 Å². The van der Waals surface area contributed by atoms with Crippen molar-refractivity contribution in [2.24, 2.45) is 0 Å². The lowest BCUT2D eigenvalue weighted by atomic mass is 10.1. The standard InChI is InChI=1S/C14H11BrN4O/c15-8-1-4-13(18-6-8)19-14(20)11-7-17-12-5-9(16)2-3-10(11)12/h1-7,17H,16H2,(H,18,19,20). The van der Waals surface area contributed by atoms with Crippen molar-refractivity contribution in [1.29, 1.82) is 0 Å². The number of carbonyl (C=O) groups is 1. The van der Waals surface area contributed by atoms with Gasteiger partial charge in [0.15, 0.2) is 0 Å². The van der Waals surface area contributed by atoms with Crippen LogP contribution in [0.5, 0.6) is 0 Å². The molecule has 0 fully saturated rings. The Morgan fingerprint density at radius 2 is 2.15 bits per heavy atom. The van der Waals surface area contributed by atoms with E-state index >= 15 is 0 Å². The number of hydrogen-bond acceptors (Lipinski definition) is 3. The number of fused-ring (bicyclic) bond motifs is 1. The normalized spacial score (nSPS) is 10.7. The number of aromatic amines is 1. The molecule has 2 heterocycles. The zero-order valence-electron chi connectivity index (χ0n) is 10.4. The first-order valence-corrected chi connectivity index (χ1v) is 6.72. The van der Waals surface area contributed by atoms with E-state index in [0.717, 1.165) is 15.4 Å². The molecule has 0 atom stereocenters. The van der Waals surface area contributed by atoms with Crippen LogP contribution in [-0.4, -0.2) is 15.9 Å². The molecule has 4 N–H and O–H groups in total. The molecule has 0 radical (unpaired) electrons. The molecule has 0 saturated carbocycles. The maximum absolute atomic E-state index is 12.2. The molecule has 20 heavy (non-hydrogen) atoms. The maximum atomic E-state index is 12.2. The Bertz CT molecular complexity index is 779. The Morgan fingerprint density at radius 1 is 1.30 bits per heavy atom. The average molecular weight is 331 g/mol. The van der Waals surface area contributed by atoms with E-state index < -0.39 is 0 Å². The second kappa shape index (κ2) is 4.97. The van der Waals surface area contributed by atoms with E-state index in [2.05, 4.69) is 31.2 Å². The number of anilines is 2. The van der Waals surface area contributed by atoms with Gasteiger partial charge in [0.05, 0.1) is 5.56 Å². The highest BCUT2D eigenvalue weighted by atomic mass is 79.9. The summed E-state index contributed by atoms with van der Waals surface area (Å²) in [5.41, 5.74) is 7.76. The van der Waals surface area contributed by atoms with Crippen molar-refractivity contribution < 1.29 is 4.79 Å². The predicted molar refractivity (Wildman–Crippen MR) is 82.6 cm³/mol. The van der Waals surface area contributed by atoms with E-state index in [0.29, 0.717) is 17.1 Å². The summed E-state index contributed by atoms with van der Waals surface area (Å²) >= 11 is 3.30. The molecule has 0 saturated heterocycles. The first-order chi connectivity index (χ1) is 9.63. The number of carbonyl (C=O) groups excluding carboxylic acids is 1. The molecule has 1 aromatic carbocycles. The van der Waals surface area contributed by atoms with Crippen LogP contribution < -0.4 is 11.1 Å². The second-order valence-electron chi connectivity index (χ2n) is 4.32. The molecule has 5 nitrogen and oxygen atoms in total. The molecule has 2 aromatic heterocycles. The third kappa shape index (κ3) is 2.37. The fourth-order valence-electron chi connectivity index (χ4n) is 1.97.